The van der Waals surface area contributed by atoms with Crippen molar-refractivity contribution in [2.45, 2.75) is 24.1 Å². The number of alkyl halides is 1. The largest absolute Gasteiger partial charge is 0.213 e. The van der Waals surface area contributed by atoms with Gasteiger partial charge in [0.15, 0.2) is 0 Å². The van der Waals surface area contributed by atoms with E-state index in [0.717, 1.165) is 11.4 Å². The summed E-state index contributed by atoms with van der Waals surface area (Å²) in [6.07, 6.45) is 2.38. The summed E-state index contributed by atoms with van der Waals surface area (Å²) in [6.45, 7) is 0. The fraction of sp³-hybridized carbons (Fsp3) is 0.333. The van der Waals surface area contributed by atoms with Crippen molar-refractivity contribution in [3.8, 4) is 5.69 Å². The molecule has 1 aromatic heterocycles. The summed E-state index contributed by atoms with van der Waals surface area (Å²) < 4.78 is 1.74. The van der Waals surface area contributed by atoms with Gasteiger partial charge in [-0.1, -0.05) is 50.4 Å². The molecule has 1 saturated carbocycles. The first-order chi connectivity index (χ1) is 8.72. The fourth-order valence-corrected chi connectivity index (χ4v) is 3.07. The normalized spacial score (nSPS) is 15.1. The Hall–Kier alpha value is -0.580. The Balaban J connectivity index is 2.16. The maximum atomic E-state index is 6.21. The number of benzene rings is 1. The smallest absolute Gasteiger partial charge is 0.104 e. The van der Waals surface area contributed by atoms with Gasteiger partial charge in [-0.15, -0.1) is 5.10 Å². The molecule has 1 aliphatic carbocycles. The Morgan fingerprint density at radius 2 is 1.94 bits per heavy atom. The lowest BCUT2D eigenvalue weighted by atomic mass is 10.2. The van der Waals surface area contributed by atoms with Gasteiger partial charge in [-0.05, 0) is 25.0 Å². The van der Waals surface area contributed by atoms with Crippen LogP contribution in [0.15, 0.2) is 18.2 Å². The van der Waals surface area contributed by atoms with E-state index in [1.54, 1.807) is 16.8 Å². The van der Waals surface area contributed by atoms with Crippen molar-refractivity contribution in [3.05, 3.63) is 39.6 Å². The number of rotatable bonds is 3. The van der Waals surface area contributed by atoms with Crippen LogP contribution < -0.4 is 0 Å². The average molecular weight is 347 g/mol. The summed E-state index contributed by atoms with van der Waals surface area (Å²) in [5.41, 5.74) is 2.80. The zero-order chi connectivity index (χ0) is 12.7. The van der Waals surface area contributed by atoms with Crippen LogP contribution in [0.3, 0.4) is 0 Å². The maximum absolute atomic E-state index is 6.21. The fourth-order valence-electron chi connectivity index (χ4n) is 1.98. The van der Waals surface area contributed by atoms with Crippen LogP contribution in [0.5, 0.6) is 0 Å². The van der Waals surface area contributed by atoms with E-state index in [1.165, 1.54) is 12.8 Å². The van der Waals surface area contributed by atoms with E-state index in [9.17, 15) is 0 Å². The lowest BCUT2D eigenvalue weighted by molar-refractivity contribution is 0.781. The molecule has 1 fully saturated rings. The summed E-state index contributed by atoms with van der Waals surface area (Å²) in [6, 6.07) is 5.43. The lowest BCUT2D eigenvalue weighted by Crippen LogP contribution is -2.03. The molecule has 18 heavy (non-hydrogen) atoms. The highest BCUT2D eigenvalue weighted by Gasteiger charge is 2.31. The molecule has 3 nitrogen and oxygen atoms in total. The minimum absolute atomic E-state index is 0.549. The quantitative estimate of drug-likeness (QED) is 0.773. The molecule has 0 N–H and O–H groups in total. The summed E-state index contributed by atoms with van der Waals surface area (Å²) in [4.78, 5) is 0. The Kier molecular flexibility index (Phi) is 3.34. The number of hydrogen-bond acceptors (Lipinski definition) is 2. The molecule has 0 aliphatic heterocycles. The highest BCUT2D eigenvalue weighted by atomic mass is 79.9. The van der Waals surface area contributed by atoms with Gasteiger partial charge in [-0.2, -0.15) is 0 Å². The molecule has 0 atom stereocenters. The molecule has 1 aliphatic rings. The zero-order valence-electron chi connectivity index (χ0n) is 9.41. The van der Waals surface area contributed by atoms with E-state index in [2.05, 4.69) is 26.2 Å². The minimum atomic E-state index is 0.549. The topological polar surface area (TPSA) is 30.7 Å². The van der Waals surface area contributed by atoms with Crippen molar-refractivity contribution < 1.29 is 0 Å². The van der Waals surface area contributed by atoms with E-state index in [1.807, 2.05) is 6.07 Å². The Morgan fingerprint density at radius 1 is 1.28 bits per heavy atom. The molecule has 94 valence electrons. The molecule has 6 heteroatoms. The van der Waals surface area contributed by atoms with Gasteiger partial charge in [-0.3, -0.25) is 0 Å². The van der Waals surface area contributed by atoms with Crippen LogP contribution in [0.2, 0.25) is 10.0 Å². The van der Waals surface area contributed by atoms with Crippen molar-refractivity contribution in [3.63, 3.8) is 0 Å². The molecule has 2 aromatic rings. The van der Waals surface area contributed by atoms with Crippen LogP contribution in [0.1, 0.15) is 30.1 Å². The highest BCUT2D eigenvalue weighted by Crippen LogP contribution is 2.42. The number of halogens is 3. The number of hydrogen-bond donors (Lipinski definition) is 0. The first-order valence-corrected chi connectivity index (χ1v) is 7.55. The molecule has 0 radical (unpaired) electrons. The van der Waals surface area contributed by atoms with Crippen molar-refractivity contribution in [1.29, 1.82) is 0 Å². The predicted molar refractivity (Wildman–Crippen MR) is 76.0 cm³/mol. The summed E-state index contributed by atoms with van der Waals surface area (Å²) in [5, 5.41) is 10.3. The number of nitrogens with zero attached hydrogens (tertiary/aromatic N) is 3. The third kappa shape index (κ3) is 2.06. The second-order valence-electron chi connectivity index (χ2n) is 4.31. The monoisotopic (exact) mass is 345 g/mol. The maximum Gasteiger partial charge on any atom is 0.104 e. The van der Waals surface area contributed by atoms with Crippen LogP contribution in [-0.2, 0) is 5.33 Å². The van der Waals surface area contributed by atoms with Crippen molar-refractivity contribution >= 4 is 39.1 Å². The lowest BCUT2D eigenvalue weighted by Gasteiger charge is -2.09. The van der Waals surface area contributed by atoms with Gasteiger partial charge < -0.3 is 0 Å². The molecule has 0 unspecified atom stereocenters. The molecule has 0 bridgehead atoms. The summed E-state index contributed by atoms with van der Waals surface area (Å²) in [5.74, 6) is 0.549. The molecular weight excluding hydrogens is 337 g/mol. The van der Waals surface area contributed by atoms with Crippen LogP contribution >= 0.6 is 39.1 Å². The van der Waals surface area contributed by atoms with E-state index >= 15 is 0 Å². The second-order valence-corrected chi connectivity index (χ2v) is 5.69. The Morgan fingerprint density at radius 3 is 2.50 bits per heavy atom. The van der Waals surface area contributed by atoms with Crippen LogP contribution in [0, 0.1) is 0 Å². The number of aromatic nitrogens is 3. The van der Waals surface area contributed by atoms with E-state index in [-0.39, 0.29) is 0 Å². The molecular formula is C12H10BrCl2N3. The van der Waals surface area contributed by atoms with E-state index in [4.69, 9.17) is 23.2 Å². The molecule has 1 heterocycles. The SMILES string of the molecule is Clc1cccc(Cl)c1-n1nnc(C2CC2)c1CBr. The van der Waals surface area contributed by atoms with Gasteiger partial charge in [0.05, 0.1) is 21.4 Å². The van der Waals surface area contributed by atoms with Crippen LogP contribution in [-0.4, -0.2) is 15.0 Å². The zero-order valence-corrected chi connectivity index (χ0v) is 12.5. The average Bonchev–Trinajstić information content (AvgIpc) is 3.10. The first-order valence-electron chi connectivity index (χ1n) is 5.67. The third-order valence-corrected chi connectivity index (χ3v) is 4.17. The molecule has 3 rings (SSSR count). The standard InChI is InChI=1S/C12H10BrCl2N3/c13-6-10-11(7-4-5-7)16-17-18(10)12-8(14)2-1-3-9(12)15/h1-3,7H,4-6H2. The highest BCUT2D eigenvalue weighted by molar-refractivity contribution is 9.08. The van der Waals surface area contributed by atoms with Gasteiger partial charge in [0, 0.05) is 11.2 Å². The Bertz CT molecular complexity index is 573. The van der Waals surface area contributed by atoms with Gasteiger partial charge in [0.25, 0.3) is 0 Å². The van der Waals surface area contributed by atoms with Crippen molar-refractivity contribution in [2.75, 3.05) is 0 Å². The predicted octanol–water partition coefficient (Wildman–Crippen LogP) is 4.35. The van der Waals surface area contributed by atoms with Gasteiger partial charge in [-0.25, -0.2) is 4.68 Å². The van der Waals surface area contributed by atoms with Gasteiger partial charge >= 0.3 is 0 Å². The first kappa shape index (κ1) is 12.5. The van der Waals surface area contributed by atoms with Gasteiger partial charge in [0.2, 0.25) is 0 Å². The van der Waals surface area contributed by atoms with Crippen molar-refractivity contribution in [1.82, 2.24) is 15.0 Å². The van der Waals surface area contributed by atoms with Gasteiger partial charge in [0.1, 0.15) is 5.69 Å². The van der Waals surface area contributed by atoms with Crippen molar-refractivity contribution in [2.24, 2.45) is 0 Å². The molecule has 0 spiro atoms. The Labute approximate surface area is 123 Å². The molecule has 0 amide bonds. The minimum Gasteiger partial charge on any atom is -0.213 e. The van der Waals surface area contributed by atoms with E-state index in [0.29, 0.717) is 27.0 Å². The summed E-state index contributed by atoms with van der Waals surface area (Å²) in [7, 11) is 0. The second kappa shape index (κ2) is 4.83. The summed E-state index contributed by atoms with van der Waals surface area (Å²) >= 11 is 15.9. The van der Waals surface area contributed by atoms with E-state index < -0.39 is 0 Å². The molecule has 1 aromatic carbocycles. The molecule has 0 saturated heterocycles. The van der Waals surface area contributed by atoms with Crippen LogP contribution in [0.25, 0.3) is 5.69 Å². The van der Waals surface area contributed by atoms with Crippen LogP contribution in [0.4, 0.5) is 0 Å². The number of para-hydroxylation sites is 1. The third-order valence-electron chi connectivity index (χ3n) is 3.03.